The minimum atomic E-state index is 0.623. The van der Waals surface area contributed by atoms with Gasteiger partial charge in [-0.05, 0) is 31.7 Å². The van der Waals surface area contributed by atoms with Crippen molar-refractivity contribution in [1.82, 2.24) is 5.32 Å². The highest BCUT2D eigenvalue weighted by atomic mass is 16.3. The molecule has 0 radical (unpaired) electrons. The zero-order valence-electron chi connectivity index (χ0n) is 10.3. The van der Waals surface area contributed by atoms with E-state index in [9.17, 15) is 0 Å². The summed E-state index contributed by atoms with van der Waals surface area (Å²) in [5.41, 5.74) is 2.26. The van der Waals surface area contributed by atoms with Crippen LogP contribution in [0.4, 0.5) is 0 Å². The van der Waals surface area contributed by atoms with E-state index in [-0.39, 0.29) is 0 Å². The van der Waals surface area contributed by atoms with E-state index in [0.717, 1.165) is 18.0 Å². The molecular weight excluding hydrogens is 210 g/mol. The molecule has 1 saturated carbocycles. The molecule has 1 unspecified atom stereocenters. The topological polar surface area (TPSA) is 25.2 Å². The summed E-state index contributed by atoms with van der Waals surface area (Å²) < 4.78 is 5.54. The van der Waals surface area contributed by atoms with E-state index in [1.54, 1.807) is 0 Å². The van der Waals surface area contributed by atoms with Crippen LogP contribution in [-0.4, -0.2) is 6.04 Å². The predicted molar refractivity (Wildman–Crippen MR) is 69.9 cm³/mol. The lowest BCUT2D eigenvalue weighted by Gasteiger charge is -2.32. The van der Waals surface area contributed by atoms with Crippen molar-refractivity contribution in [2.75, 3.05) is 0 Å². The minimum absolute atomic E-state index is 0.623. The number of nitrogens with one attached hydrogen (secondary N) is 1. The summed E-state index contributed by atoms with van der Waals surface area (Å²) in [4.78, 5) is 0. The molecule has 0 amide bonds. The zero-order valence-corrected chi connectivity index (χ0v) is 10.3. The van der Waals surface area contributed by atoms with E-state index in [4.69, 9.17) is 4.42 Å². The molecule has 1 aromatic carbocycles. The van der Waals surface area contributed by atoms with Crippen molar-refractivity contribution in [3.63, 3.8) is 0 Å². The van der Waals surface area contributed by atoms with Crippen LogP contribution in [0, 0.1) is 5.92 Å². The molecule has 0 saturated heterocycles. The second kappa shape index (κ2) is 4.53. The van der Waals surface area contributed by atoms with Crippen molar-refractivity contribution < 1.29 is 4.42 Å². The Labute approximate surface area is 102 Å². The molecule has 2 heteroatoms. The highest BCUT2D eigenvalue weighted by Crippen LogP contribution is 2.29. The predicted octanol–water partition coefficient (Wildman–Crippen LogP) is 3.71. The number of para-hydroxylation sites is 1. The second-order valence-corrected chi connectivity index (χ2v) is 5.12. The minimum Gasteiger partial charge on any atom is -0.464 e. The van der Waals surface area contributed by atoms with Crippen LogP contribution in [0.2, 0.25) is 0 Å². The maximum absolute atomic E-state index is 5.54. The average molecular weight is 229 g/mol. The number of furan rings is 1. The molecule has 1 aliphatic carbocycles. The quantitative estimate of drug-likeness (QED) is 0.864. The molecule has 1 atom stereocenters. The molecule has 17 heavy (non-hydrogen) atoms. The van der Waals surface area contributed by atoms with Crippen LogP contribution in [-0.2, 0) is 6.54 Å². The van der Waals surface area contributed by atoms with E-state index in [0.29, 0.717) is 6.04 Å². The molecular formula is C15H19NO. The summed E-state index contributed by atoms with van der Waals surface area (Å²) in [6.07, 6.45) is 6.07. The fraction of sp³-hybridized carbons (Fsp3) is 0.467. The number of hydrogen-bond donors (Lipinski definition) is 1. The third kappa shape index (κ3) is 2.09. The van der Waals surface area contributed by atoms with E-state index in [1.165, 1.54) is 30.2 Å². The van der Waals surface area contributed by atoms with Gasteiger partial charge in [0.1, 0.15) is 5.58 Å². The Bertz CT molecular complexity index is 498. The first kappa shape index (κ1) is 10.8. The summed E-state index contributed by atoms with van der Waals surface area (Å²) in [6, 6.07) is 8.85. The Morgan fingerprint density at radius 1 is 1.35 bits per heavy atom. The summed E-state index contributed by atoms with van der Waals surface area (Å²) >= 11 is 0. The summed E-state index contributed by atoms with van der Waals surface area (Å²) in [6.45, 7) is 3.21. The summed E-state index contributed by atoms with van der Waals surface area (Å²) in [7, 11) is 0. The van der Waals surface area contributed by atoms with Gasteiger partial charge in [-0.2, -0.15) is 0 Å². The lowest BCUT2D eigenvalue weighted by molar-refractivity contribution is 0.240. The van der Waals surface area contributed by atoms with Crippen LogP contribution in [0.5, 0.6) is 0 Å². The highest BCUT2D eigenvalue weighted by Gasteiger charge is 2.23. The molecule has 1 fully saturated rings. The van der Waals surface area contributed by atoms with Crippen molar-refractivity contribution in [2.45, 2.75) is 38.8 Å². The molecule has 1 aromatic heterocycles. The normalized spacial score (nSPS) is 18.2. The van der Waals surface area contributed by atoms with Crippen LogP contribution >= 0.6 is 0 Å². The lowest BCUT2D eigenvalue weighted by atomic mass is 9.80. The van der Waals surface area contributed by atoms with Gasteiger partial charge >= 0.3 is 0 Å². The number of rotatable bonds is 4. The maximum Gasteiger partial charge on any atom is 0.134 e. The first-order valence-electron chi connectivity index (χ1n) is 6.53. The van der Waals surface area contributed by atoms with Gasteiger partial charge in [-0.25, -0.2) is 0 Å². The van der Waals surface area contributed by atoms with Gasteiger partial charge in [-0.1, -0.05) is 24.6 Å². The van der Waals surface area contributed by atoms with Crippen LogP contribution in [0.15, 0.2) is 34.9 Å². The van der Waals surface area contributed by atoms with Crippen LogP contribution in [0.1, 0.15) is 31.7 Å². The number of benzene rings is 1. The van der Waals surface area contributed by atoms with Gasteiger partial charge in [-0.3, -0.25) is 0 Å². The summed E-state index contributed by atoms with van der Waals surface area (Å²) in [5.74, 6) is 0.883. The number of fused-ring (bicyclic) bond motifs is 1. The SMILES string of the molecule is CC(NCc1coc2ccccc12)C1CCC1. The van der Waals surface area contributed by atoms with Crippen molar-refractivity contribution in [2.24, 2.45) is 5.92 Å². The molecule has 0 aliphatic heterocycles. The molecule has 1 N–H and O–H groups in total. The third-order valence-electron chi connectivity index (χ3n) is 4.03. The van der Waals surface area contributed by atoms with Crippen molar-refractivity contribution in [3.8, 4) is 0 Å². The van der Waals surface area contributed by atoms with Crippen LogP contribution in [0.25, 0.3) is 11.0 Å². The summed E-state index contributed by atoms with van der Waals surface area (Å²) in [5, 5.41) is 4.86. The standard InChI is InChI=1S/C15H19NO/c1-11(12-5-4-6-12)16-9-13-10-17-15-8-3-2-7-14(13)15/h2-3,7-8,10-12,16H,4-6,9H2,1H3. The molecule has 0 spiro atoms. The molecule has 1 aliphatic rings. The molecule has 1 heterocycles. The smallest absolute Gasteiger partial charge is 0.134 e. The monoisotopic (exact) mass is 229 g/mol. The van der Waals surface area contributed by atoms with Crippen LogP contribution < -0.4 is 5.32 Å². The fourth-order valence-electron chi connectivity index (χ4n) is 2.55. The van der Waals surface area contributed by atoms with Crippen molar-refractivity contribution >= 4 is 11.0 Å². The average Bonchev–Trinajstić information content (AvgIpc) is 2.67. The Balaban J connectivity index is 1.68. The second-order valence-electron chi connectivity index (χ2n) is 5.12. The highest BCUT2D eigenvalue weighted by molar-refractivity contribution is 5.80. The van der Waals surface area contributed by atoms with E-state index >= 15 is 0 Å². The van der Waals surface area contributed by atoms with Crippen molar-refractivity contribution in [1.29, 1.82) is 0 Å². The molecule has 2 nitrogen and oxygen atoms in total. The van der Waals surface area contributed by atoms with Gasteiger partial charge in [0, 0.05) is 23.5 Å². The van der Waals surface area contributed by atoms with Crippen LogP contribution in [0.3, 0.4) is 0 Å². The lowest BCUT2D eigenvalue weighted by Crippen LogP contribution is -2.36. The fourth-order valence-corrected chi connectivity index (χ4v) is 2.55. The molecule has 90 valence electrons. The molecule has 2 aromatic rings. The Kier molecular flexibility index (Phi) is 2.89. The van der Waals surface area contributed by atoms with Gasteiger partial charge in [0.25, 0.3) is 0 Å². The number of hydrogen-bond acceptors (Lipinski definition) is 2. The van der Waals surface area contributed by atoms with Crippen molar-refractivity contribution in [3.05, 3.63) is 36.1 Å². The van der Waals surface area contributed by atoms with Gasteiger partial charge in [0.15, 0.2) is 0 Å². The van der Waals surface area contributed by atoms with Gasteiger partial charge in [0.05, 0.1) is 6.26 Å². The Morgan fingerprint density at radius 3 is 2.94 bits per heavy atom. The van der Waals surface area contributed by atoms with Gasteiger partial charge < -0.3 is 9.73 Å². The van der Waals surface area contributed by atoms with Gasteiger partial charge in [0.2, 0.25) is 0 Å². The molecule has 0 bridgehead atoms. The Morgan fingerprint density at radius 2 is 2.18 bits per heavy atom. The first-order chi connectivity index (χ1) is 8.34. The third-order valence-corrected chi connectivity index (χ3v) is 4.03. The van der Waals surface area contributed by atoms with Gasteiger partial charge in [-0.15, -0.1) is 0 Å². The zero-order chi connectivity index (χ0) is 11.7. The Hall–Kier alpha value is -1.28. The van der Waals surface area contributed by atoms with E-state index < -0.39 is 0 Å². The van der Waals surface area contributed by atoms with E-state index in [1.807, 2.05) is 18.4 Å². The first-order valence-corrected chi connectivity index (χ1v) is 6.53. The maximum atomic E-state index is 5.54. The van der Waals surface area contributed by atoms with E-state index in [2.05, 4.69) is 24.4 Å². The largest absolute Gasteiger partial charge is 0.464 e. The molecule has 3 rings (SSSR count).